The molecule has 5 heteroatoms. The highest BCUT2D eigenvalue weighted by Crippen LogP contribution is 2.25. The Bertz CT molecular complexity index is 486. The lowest BCUT2D eigenvalue weighted by molar-refractivity contribution is -0.125. The second kappa shape index (κ2) is 7.61. The minimum atomic E-state index is -1.02. The van der Waals surface area contributed by atoms with Gasteiger partial charge in [0.2, 0.25) is 0 Å². The van der Waals surface area contributed by atoms with Crippen LogP contribution < -0.4 is 10.1 Å². The lowest BCUT2D eigenvalue weighted by Gasteiger charge is -2.28. The molecule has 0 saturated heterocycles. The molecule has 1 aromatic carbocycles. The van der Waals surface area contributed by atoms with E-state index in [9.17, 15) is 15.0 Å². The van der Waals surface area contributed by atoms with E-state index < -0.39 is 18.1 Å². The number of aliphatic hydroxyl groups excluding tert-OH is 2. The summed E-state index contributed by atoms with van der Waals surface area (Å²) in [5.74, 6) is 0.134. The highest BCUT2D eigenvalue weighted by Gasteiger charge is 2.24. The minimum absolute atomic E-state index is 0.129. The monoisotopic (exact) mass is 307 g/mol. The van der Waals surface area contributed by atoms with Gasteiger partial charge in [-0.05, 0) is 49.4 Å². The summed E-state index contributed by atoms with van der Waals surface area (Å²) in [5, 5.41) is 22.3. The first-order chi connectivity index (χ1) is 10.5. The van der Waals surface area contributed by atoms with Crippen LogP contribution in [0.2, 0.25) is 0 Å². The third kappa shape index (κ3) is 4.45. The van der Waals surface area contributed by atoms with Crippen LogP contribution in [0.1, 0.15) is 39.5 Å². The lowest BCUT2D eigenvalue weighted by Crippen LogP contribution is -2.34. The van der Waals surface area contributed by atoms with E-state index in [0.717, 1.165) is 25.7 Å². The molecule has 1 saturated carbocycles. The molecule has 1 aliphatic carbocycles. The molecule has 0 spiro atoms. The zero-order chi connectivity index (χ0) is 16.1. The minimum Gasteiger partial charge on any atom is -0.488 e. The third-order valence-corrected chi connectivity index (χ3v) is 3.98. The SMILES string of the molecule is CC(C)[C@H](O)C(=O)Nc1ccc(O[C@@H]2CCCC[C@H]2O)cc1. The Morgan fingerprint density at radius 2 is 1.86 bits per heavy atom. The summed E-state index contributed by atoms with van der Waals surface area (Å²) in [4.78, 5) is 11.8. The van der Waals surface area contributed by atoms with E-state index in [4.69, 9.17) is 4.74 Å². The fourth-order valence-electron chi connectivity index (χ4n) is 2.53. The van der Waals surface area contributed by atoms with E-state index in [1.807, 2.05) is 0 Å². The Hall–Kier alpha value is -1.59. The van der Waals surface area contributed by atoms with E-state index in [1.54, 1.807) is 38.1 Å². The molecule has 22 heavy (non-hydrogen) atoms. The van der Waals surface area contributed by atoms with Gasteiger partial charge in [-0.25, -0.2) is 0 Å². The number of amides is 1. The second-order valence-electron chi connectivity index (χ2n) is 6.21. The number of anilines is 1. The van der Waals surface area contributed by atoms with Crippen molar-refractivity contribution in [3.8, 4) is 5.75 Å². The molecule has 0 radical (unpaired) electrons. The lowest BCUT2D eigenvalue weighted by atomic mass is 9.95. The Morgan fingerprint density at radius 3 is 2.45 bits per heavy atom. The topological polar surface area (TPSA) is 78.8 Å². The number of rotatable bonds is 5. The summed E-state index contributed by atoms with van der Waals surface area (Å²) in [5.41, 5.74) is 0.612. The van der Waals surface area contributed by atoms with Crippen LogP contribution >= 0.6 is 0 Å². The van der Waals surface area contributed by atoms with Crippen LogP contribution in [0, 0.1) is 5.92 Å². The van der Waals surface area contributed by atoms with Crippen molar-refractivity contribution in [1.29, 1.82) is 0 Å². The van der Waals surface area contributed by atoms with Gasteiger partial charge in [-0.3, -0.25) is 4.79 Å². The summed E-state index contributed by atoms with van der Waals surface area (Å²) < 4.78 is 5.80. The Labute approximate surface area is 131 Å². The molecule has 1 amide bonds. The number of nitrogens with one attached hydrogen (secondary N) is 1. The number of carbonyl (C=O) groups excluding carboxylic acids is 1. The first kappa shape index (κ1) is 16.8. The zero-order valence-corrected chi connectivity index (χ0v) is 13.2. The summed E-state index contributed by atoms with van der Waals surface area (Å²) in [7, 11) is 0. The average molecular weight is 307 g/mol. The normalized spacial score (nSPS) is 23.1. The highest BCUT2D eigenvalue weighted by atomic mass is 16.5. The quantitative estimate of drug-likeness (QED) is 0.780. The first-order valence-corrected chi connectivity index (χ1v) is 7.91. The van der Waals surface area contributed by atoms with Crippen molar-refractivity contribution in [1.82, 2.24) is 0 Å². The number of hydrogen-bond acceptors (Lipinski definition) is 4. The molecule has 1 aromatic rings. The summed E-state index contributed by atoms with van der Waals surface area (Å²) in [6, 6.07) is 6.99. The van der Waals surface area contributed by atoms with Crippen LogP contribution in [-0.2, 0) is 4.79 Å². The smallest absolute Gasteiger partial charge is 0.253 e. The van der Waals surface area contributed by atoms with Crippen LogP contribution in [-0.4, -0.2) is 34.4 Å². The standard InChI is InChI=1S/C17H25NO4/c1-11(2)16(20)17(21)18-12-7-9-13(10-8-12)22-15-6-4-3-5-14(15)19/h7-11,14-16,19-20H,3-6H2,1-2H3,(H,18,21)/t14-,15-,16+/m1/s1. The predicted molar refractivity (Wildman–Crippen MR) is 84.8 cm³/mol. The van der Waals surface area contributed by atoms with Crippen molar-refractivity contribution in [2.75, 3.05) is 5.32 Å². The van der Waals surface area contributed by atoms with Gasteiger partial charge < -0.3 is 20.3 Å². The van der Waals surface area contributed by atoms with Crippen molar-refractivity contribution < 1.29 is 19.7 Å². The van der Waals surface area contributed by atoms with Crippen molar-refractivity contribution in [3.63, 3.8) is 0 Å². The molecule has 2 rings (SSSR count). The van der Waals surface area contributed by atoms with Gasteiger partial charge in [-0.1, -0.05) is 20.3 Å². The van der Waals surface area contributed by atoms with Crippen LogP contribution in [0.5, 0.6) is 5.75 Å². The number of carbonyl (C=O) groups is 1. The van der Waals surface area contributed by atoms with Crippen molar-refractivity contribution >= 4 is 11.6 Å². The van der Waals surface area contributed by atoms with E-state index >= 15 is 0 Å². The Balaban J connectivity index is 1.91. The largest absolute Gasteiger partial charge is 0.488 e. The molecular formula is C17H25NO4. The molecule has 3 atom stereocenters. The molecule has 122 valence electrons. The van der Waals surface area contributed by atoms with Gasteiger partial charge in [0.15, 0.2) is 0 Å². The van der Waals surface area contributed by atoms with Gasteiger partial charge in [0.1, 0.15) is 18.0 Å². The van der Waals surface area contributed by atoms with Crippen LogP contribution in [0.15, 0.2) is 24.3 Å². The van der Waals surface area contributed by atoms with Crippen LogP contribution in [0.4, 0.5) is 5.69 Å². The van der Waals surface area contributed by atoms with Crippen molar-refractivity contribution in [2.24, 2.45) is 5.92 Å². The molecule has 0 aliphatic heterocycles. The zero-order valence-electron chi connectivity index (χ0n) is 13.2. The molecule has 0 heterocycles. The molecular weight excluding hydrogens is 282 g/mol. The number of benzene rings is 1. The Kier molecular flexibility index (Phi) is 5.80. The molecule has 0 unspecified atom stereocenters. The average Bonchev–Trinajstić information content (AvgIpc) is 2.50. The van der Waals surface area contributed by atoms with Crippen LogP contribution in [0.25, 0.3) is 0 Å². The van der Waals surface area contributed by atoms with E-state index in [-0.39, 0.29) is 12.0 Å². The van der Waals surface area contributed by atoms with Crippen LogP contribution in [0.3, 0.4) is 0 Å². The highest BCUT2D eigenvalue weighted by molar-refractivity contribution is 5.94. The van der Waals surface area contributed by atoms with Gasteiger partial charge in [0, 0.05) is 5.69 Å². The maximum atomic E-state index is 11.8. The molecule has 3 N–H and O–H groups in total. The molecule has 1 fully saturated rings. The summed E-state index contributed by atoms with van der Waals surface area (Å²) in [6.07, 6.45) is 2.18. The Morgan fingerprint density at radius 1 is 1.23 bits per heavy atom. The van der Waals surface area contributed by atoms with E-state index in [0.29, 0.717) is 11.4 Å². The van der Waals surface area contributed by atoms with Gasteiger partial charge in [0.05, 0.1) is 6.10 Å². The predicted octanol–water partition coefficient (Wildman–Crippen LogP) is 2.32. The number of aliphatic hydroxyl groups is 2. The number of ether oxygens (including phenoxy) is 1. The maximum Gasteiger partial charge on any atom is 0.253 e. The third-order valence-electron chi connectivity index (χ3n) is 3.98. The van der Waals surface area contributed by atoms with Gasteiger partial charge in [0.25, 0.3) is 5.91 Å². The molecule has 5 nitrogen and oxygen atoms in total. The van der Waals surface area contributed by atoms with Gasteiger partial charge in [-0.2, -0.15) is 0 Å². The van der Waals surface area contributed by atoms with E-state index in [1.165, 1.54) is 0 Å². The fourth-order valence-corrected chi connectivity index (χ4v) is 2.53. The summed E-state index contributed by atoms with van der Waals surface area (Å²) >= 11 is 0. The fraction of sp³-hybridized carbons (Fsp3) is 0.588. The van der Waals surface area contributed by atoms with E-state index in [2.05, 4.69) is 5.32 Å². The van der Waals surface area contributed by atoms with Gasteiger partial charge in [-0.15, -0.1) is 0 Å². The molecule has 0 aromatic heterocycles. The first-order valence-electron chi connectivity index (χ1n) is 7.91. The van der Waals surface area contributed by atoms with Crippen molar-refractivity contribution in [2.45, 2.75) is 57.8 Å². The van der Waals surface area contributed by atoms with Crippen molar-refractivity contribution in [3.05, 3.63) is 24.3 Å². The number of hydrogen-bond donors (Lipinski definition) is 3. The maximum absolute atomic E-state index is 11.8. The van der Waals surface area contributed by atoms with Gasteiger partial charge >= 0.3 is 0 Å². The summed E-state index contributed by atoms with van der Waals surface area (Å²) in [6.45, 7) is 3.58. The molecule has 0 bridgehead atoms. The second-order valence-corrected chi connectivity index (χ2v) is 6.21. The molecule has 1 aliphatic rings.